The monoisotopic (exact) mass is 223 g/mol. The van der Waals surface area contributed by atoms with Crippen LogP contribution in [-0.2, 0) is 4.79 Å². The first-order valence-corrected chi connectivity index (χ1v) is 5.29. The van der Waals surface area contributed by atoms with Gasteiger partial charge in [-0.15, -0.1) is 0 Å². The maximum Gasteiger partial charge on any atom is 0.307 e. The summed E-state index contributed by atoms with van der Waals surface area (Å²) < 4.78 is 13.2. The van der Waals surface area contributed by atoms with Crippen molar-refractivity contribution in [3.63, 3.8) is 0 Å². The highest BCUT2D eigenvalue weighted by molar-refractivity contribution is 5.70. The zero-order valence-corrected chi connectivity index (χ0v) is 9.03. The van der Waals surface area contributed by atoms with E-state index in [2.05, 4.69) is 5.32 Å². The number of rotatable bonds is 2. The second kappa shape index (κ2) is 4.22. The van der Waals surface area contributed by atoms with E-state index in [0.717, 1.165) is 11.1 Å². The quantitative estimate of drug-likeness (QED) is 0.804. The Labute approximate surface area is 93.3 Å². The molecular formula is C12H14FNO2. The van der Waals surface area contributed by atoms with Gasteiger partial charge in [-0.1, -0.05) is 6.07 Å². The third kappa shape index (κ3) is 2.22. The number of nitrogens with one attached hydrogen (secondary N) is 1. The molecule has 0 bridgehead atoms. The lowest BCUT2D eigenvalue weighted by Gasteiger charge is -2.11. The van der Waals surface area contributed by atoms with Gasteiger partial charge in [0.15, 0.2) is 0 Å². The first-order chi connectivity index (χ1) is 7.56. The molecule has 0 aliphatic carbocycles. The van der Waals surface area contributed by atoms with E-state index < -0.39 is 5.97 Å². The number of hydrogen-bond donors (Lipinski definition) is 2. The third-order valence-corrected chi connectivity index (χ3v) is 2.95. The Morgan fingerprint density at radius 2 is 2.25 bits per heavy atom. The van der Waals surface area contributed by atoms with E-state index in [1.54, 1.807) is 0 Å². The average Bonchev–Trinajstić information content (AvgIpc) is 2.64. The fourth-order valence-electron chi connectivity index (χ4n) is 2.14. The molecule has 1 fully saturated rings. The number of aliphatic carboxylic acids is 1. The first-order valence-electron chi connectivity index (χ1n) is 5.29. The topological polar surface area (TPSA) is 49.3 Å². The summed E-state index contributed by atoms with van der Waals surface area (Å²) in [6.07, 6.45) is 0.526. The molecule has 3 nitrogen and oxygen atoms in total. The smallest absolute Gasteiger partial charge is 0.307 e. The van der Waals surface area contributed by atoms with Gasteiger partial charge < -0.3 is 10.4 Å². The van der Waals surface area contributed by atoms with E-state index in [1.165, 1.54) is 12.1 Å². The molecule has 1 heterocycles. The molecule has 0 amide bonds. The Morgan fingerprint density at radius 1 is 1.50 bits per heavy atom. The van der Waals surface area contributed by atoms with Crippen LogP contribution in [0.3, 0.4) is 0 Å². The highest BCUT2D eigenvalue weighted by Gasteiger charge is 2.30. The summed E-state index contributed by atoms with van der Waals surface area (Å²) in [6, 6.07) is 4.78. The van der Waals surface area contributed by atoms with Crippen LogP contribution in [0.1, 0.15) is 23.6 Å². The van der Waals surface area contributed by atoms with Crippen LogP contribution in [0.15, 0.2) is 18.2 Å². The van der Waals surface area contributed by atoms with Gasteiger partial charge in [-0.3, -0.25) is 4.79 Å². The van der Waals surface area contributed by atoms with Crippen molar-refractivity contribution in [2.75, 3.05) is 6.54 Å². The third-order valence-electron chi connectivity index (χ3n) is 2.95. The normalized spacial score (nSPS) is 24.6. The molecule has 2 N–H and O–H groups in total. The lowest BCUT2D eigenvalue weighted by molar-refractivity contribution is -0.141. The number of hydrogen-bond acceptors (Lipinski definition) is 2. The molecular weight excluding hydrogens is 209 g/mol. The van der Waals surface area contributed by atoms with Gasteiger partial charge in [0.1, 0.15) is 5.82 Å². The number of carboxylic acid groups (broad SMARTS) is 1. The van der Waals surface area contributed by atoms with E-state index in [1.807, 2.05) is 13.0 Å². The molecule has 2 unspecified atom stereocenters. The fourth-order valence-corrected chi connectivity index (χ4v) is 2.14. The Hall–Kier alpha value is -1.42. The molecule has 2 atom stereocenters. The minimum absolute atomic E-state index is 0.0458. The molecule has 4 heteroatoms. The summed E-state index contributed by atoms with van der Waals surface area (Å²) in [6.45, 7) is 2.28. The van der Waals surface area contributed by atoms with Gasteiger partial charge in [-0.05, 0) is 36.6 Å². The average molecular weight is 223 g/mol. The van der Waals surface area contributed by atoms with Crippen molar-refractivity contribution < 1.29 is 14.3 Å². The van der Waals surface area contributed by atoms with Gasteiger partial charge in [-0.2, -0.15) is 0 Å². The lowest BCUT2D eigenvalue weighted by atomic mass is 9.99. The van der Waals surface area contributed by atoms with E-state index in [4.69, 9.17) is 5.11 Å². The van der Waals surface area contributed by atoms with Crippen LogP contribution in [0.5, 0.6) is 0 Å². The summed E-state index contributed by atoms with van der Waals surface area (Å²) in [5.74, 6) is -1.42. The molecule has 2 rings (SSSR count). The van der Waals surface area contributed by atoms with Gasteiger partial charge in [0.2, 0.25) is 0 Å². The number of benzene rings is 1. The number of halogens is 1. The van der Waals surface area contributed by atoms with Gasteiger partial charge in [0.05, 0.1) is 5.92 Å². The molecule has 0 aromatic heterocycles. The van der Waals surface area contributed by atoms with Gasteiger partial charge >= 0.3 is 5.97 Å². The van der Waals surface area contributed by atoms with Gasteiger partial charge in [-0.25, -0.2) is 4.39 Å². The molecule has 0 radical (unpaired) electrons. The van der Waals surface area contributed by atoms with Gasteiger partial charge in [0, 0.05) is 12.6 Å². The first kappa shape index (κ1) is 11.1. The van der Waals surface area contributed by atoms with Crippen LogP contribution in [0.4, 0.5) is 4.39 Å². The molecule has 1 aromatic carbocycles. The van der Waals surface area contributed by atoms with Gasteiger partial charge in [0.25, 0.3) is 0 Å². The van der Waals surface area contributed by atoms with E-state index in [-0.39, 0.29) is 17.8 Å². The largest absolute Gasteiger partial charge is 0.481 e. The van der Waals surface area contributed by atoms with Crippen molar-refractivity contribution in [2.24, 2.45) is 5.92 Å². The van der Waals surface area contributed by atoms with Crippen LogP contribution in [0, 0.1) is 18.7 Å². The van der Waals surface area contributed by atoms with Crippen LogP contribution in [0.25, 0.3) is 0 Å². The van der Waals surface area contributed by atoms with Crippen molar-refractivity contribution in [1.82, 2.24) is 5.32 Å². The number of carbonyl (C=O) groups is 1. The van der Waals surface area contributed by atoms with E-state index in [9.17, 15) is 9.18 Å². The van der Waals surface area contributed by atoms with E-state index >= 15 is 0 Å². The number of carboxylic acids is 1. The number of aryl methyl sites for hydroxylation is 1. The van der Waals surface area contributed by atoms with Crippen molar-refractivity contribution in [2.45, 2.75) is 19.4 Å². The molecule has 0 saturated carbocycles. The minimum Gasteiger partial charge on any atom is -0.481 e. The maximum absolute atomic E-state index is 13.2. The predicted molar refractivity (Wildman–Crippen MR) is 57.6 cm³/mol. The Morgan fingerprint density at radius 3 is 2.81 bits per heavy atom. The Balaban J connectivity index is 2.17. The summed E-state index contributed by atoms with van der Waals surface area (Å²) in [7, 11) is 0. The second-order valence-corrected chi connectivity index (χ2v) is 4.29. The van der Waals surface area contributed by atoms with Crippen LogP contribution in [0.2, 0.25) is 0 Å². The summed E-state index contributed by atoms with van der Waals surface area (Å²) in [4.78, 5) is 10.8. The van der Waals surface area contributed by atoms with Crippen molar-refractivity contribution in [3.8, 4) is 0 Å². The standard InChI is InChI=1S/C12H14FNO2/c1-7-2-8(4-10(13)3-7)11-5-9(6-14-11)12(15)16/h2-4,9,11,14H,5-6H2,1H3,(H,15,16). The fraction of sp³-hybridized carbons (Fsp3) is 0.417. The molecule has 1 aliphatic heterocycles. The molecule has 1 aliphatic rings. The van der Waals surface area contributed by atoms with Crippen molar-refractivity contribution in [3.05, 3.63) is 35.1 Å². The maximum atomic E-state index is 13.2. The molecule has 0 spiro atoms. The molecule has 86 valence electrons. The second-order valence-electron chi connectivity index (χ2n) is 4.29. The zero-order chi connectivity index (χ0) is 11.7. The van der Waals surface area contributed by atoms with Crippen LogP contribution < -0.4 is 5.32 Å². The Kier molecular flexibility index (Phi) is 2.92. The summed E-state index contributed by atoms with van der Waals surface area (Å²) in [5.41, 5.74) is 1.69. The van der Waals surface area contributed by atoms with Crippen molar-refractivity contribution >= 4 is 5.97 Å². The summed E-state index contributed by atoms with van der Waals surface area (Å²) in [5, 5.41) is 12.0. The van der Waals surface area contributed by atoms with Crippen molar-refractivity contribution in [1.29, 1.82) is 0 Å². The summed E-state index contributed by atoms with van der Waals surface area (Å²) >= 11 is 0. The zero-order valence-electron chi connectivity index (χ0n) is 9.03. The van der Waals surface area contributed by atoms with Crippen LogP contribution in [-0.4, -0.2) is 17.6 Å². The minimum atomic E-state index is -0.789. The molecule has 1 saturated heterocycles. The van der Waals surface area contributed by atoms with E-state index in [0.29, 0.717) is 13.0 Å². The lowest BCUT2D eigenvalue weighted by Crippen LogP contribution is -2.17. The highest BCUT2D eigenvalue weighted by Crippen LogP contribution is 2.28. The molecule has 1 aromatic rings. The SMILES string of the molecule is Cc1cc(F)cc(C2CC(C(=O)O)CN2)c1. The highest BCUT2D eigenvalue weighted by atomic mass is 19.1. The molecule has 16 heavy (non-hydrogen) atoms. The predicted octanol–water partition coefficient (Wildman–Crippen LogP) is 1.87. The Bertz CT molecular complexity index is 399. The van der Waals surface area contributed by atoms with Crippen LogP contribution >= 0.6 is 0 Å².